The summed E-state index contributed by atoms with van der Waals surface area (Å²) >= 11 is 5.47. The molecule has 3 rings (SSSR count). The highest BCUT2D eigenvalue weighted by molar-refractivity contribution is 7.80. The predicted molar refractivity (Wildman–Crippen MR) is 110 cm³/mol. The minimum atomic E-state index is -0.262. The molecule has 148 valence electrons. The van der Waals surface area contributed by atoms with E-state index in [0.717, 1.165) is 45.0 Å². The molecule has 1 aromatic carbocycles. The predicted octanol–water partition coefficient (Wildman–Crippen LogP) is 2.64. The summed E-state index contributed by atoms with van der Waals surface area (Å²) in [7, 11) is 0. The van der Waals surface area contributed by atoms with Crippen molar-refractivity contribution < 1.29 is 9.18 Å². The lowest BCUT2D eigenvalue weighted by molar-refractivity contribution is -0.135. The third kappa shape index (κ3) is 5.62. The minimum Gasteiger partial charge on any atom is -0.346 e. The van der Waals surface area contributed by atoms with E-state index in [9.17, 15) is 9.18 Å². The number of benzene rings is 1. The van der Waals surface area contributed by atoms with Crippen molar-refractivity contribution in [2.75, 3.05) is 51.1 Å². The van der Waals surface area contributed by atoms with Crippen molar-refractivity contribution in [2.45, 2.75) is 20.3 Å². The highest BCUT2D eigenvalue weighted by Crippen LogP contribution is 2.21. The zero-order chi connectivity index (χ0) is 19.4. The van der Waals surface area contributed by atoms with Crippen molar-refractivity contribution in [1.82, 2.24) is 14.7 Å². The van der Waals surface area contributed by atoms with Crippen LogP contribution in [0.15, 0.2) is 24.3 Å². The average Bonchev–Trinajstić information content (AvgIpc) is 2.63. The van der Waals surface area contributed by atoms with Gasteiger partial charge in [-0.05, 0) is 54.7 Å². The Morgan fingerprint density at radius 1 is 1.07 bits per heavy atom. The van der Waals surface area contributed by atoms with Crippen LogP contribution in [-0.4, -0.2) is 71.5 Å². The fourth-order valence-corrected chi connectivity index (χ4v) is 4.30. The van der Waals surface area contributed by atoms with Crippen LogP contribution in [0.4, 0.5) is 10.1 Å². The highest BCUT2D eigenvalue weighted by atomic mass is 32.1. The summed E-state index contributed by atoms with van der Waals surface area (Å²) in [5.74, 6) is 1.16. The molecule has 0 unspecified atom stereocenters. The zero-order valence-electron chi connectivity index (χ0n) is 16.2. The maximum Gasteiger partial charge on any atom is 0.236 e. The number of likely N-dealkylation sites (tertiary alicyclic amines) is 1. The number of nitrogens with zero attached hydrogens (tertiary/aromatic N) is 3. The number of nitrogens with one attached hydrogen (secondary N) is 1. The summed E-state index contributed by atoms with van der Waals surface area (Å²) < 4.78 is 13.0. The molecule has 1 amide bonds. The first-order valence-corrected chi connectivity index (χ1v) is 10.1. The van der Waals surface area contributed by atoms with Gasteiger partial charge in [0.15, 0.2) is 5.11 Å². The van der Waals surface area contributed by atoms with E-state index < -0.39 is 0 Å². The number of thiocarbonyl (C=S) groups is 1. The molecular formula is C20H29FN4OS. The number of anilines is 1. The normalized spacial score (nSPS) is 24.0. The summed E-state index contributed by atoms with van der Waals surface area (Å²) in [4.78, 5) is 19.0. The van der Waals surface area contributed by atoms with Crippen LogP contribution in [0.5, 0.6) is 0 Å². The summed E-state index contributed by atoms with van der Waals surface area (Å²) in [5, 5.41) is 3.80. The van der Waals surface area contributed by atoms with Gasteiger partial charge in [-0.25, -0.2) is 4.39 Å². The van der Waals surface area contributed by atoms with E-state index in [1.807, 2.05) is 4.90 Å². The van der Waals surface area contributed by atoms with Gasteiger partial charge in [-0.1, -0.05) is 13.8 Å². The van der Waals surface area contributed by atoms with Crippen molar-refractivity contribution in [3.8, 4) is 0 Å². The van der Waals surface area contributed by atoms with E-state index >= 15 is 0 Å². The van der Waals surface area contributed by atoms with Gasteiger partial charge in [0.2, 0.25) is 5.91 Å². The molecule has 1 aromatic rings. The van der Waals surface area contributed by atoms with Crippen LogP contribution in [0.25, 0.3) is 0 Å². The zero-order valence-corrected chi connectivity index (χ0v) is 17.0. The molecule has 2 aliphatic rings. The Balaban J connectivity index is 1.43. The molecule has 0 aromatic heterocycles. The summed E-state index contributed by atoms with van der Waals surface area (Å²) in [6.45, 7) is 9.91. The topological polar surface area (TPSA) is 38.8 Å². The van der Waals surface area contributed by atoms with Crippen LogP contribution in [0.2, 0.25) is 0 Å². The molecule has 5 nitrogen and oxygen atoms in total. The molecule has 2 atom stereocenters. The molecule has 2 heterocycles. The molecular weight excluding hydrogens is 363 g/mol. The summed E-state index contributed by atoms with van der Waals surface area (Å²) in [6, 6.07) is 6.18. The van der Waals surface area contributed by atoms with Crippen molar-refractivity contribution in [3.05, 3.63) is 30.1 Å². The largest absolute Gasteiger partial charge is 0.346 e. The fourth-order valence-electron chi connectivity index (χ4n) is 4.00. The van der Waals surface area contributed by atoms with Crippen molar-refractivity contribution >= 4 is 28.9 Å². The lowest BCUT2D eigenvalue weighted by atomic mass is 9.92. The Kier molecular flexibility index (Phi) is 6.65. The molecule has 7 heteroatoms. The van der Waals surface area contributed by atoms with Crippen molar-refractivity contribution in [1.29, 1.82) is 0 Å². The second-order valence-electron chi connectivity index (χ2n) is 7.95. The van der Waals surface area contributed by atoms with Gasteiger partial charge < -0.3 is 15.1 Å². The molecule has 2 saturated heterocycles. The van der Waals surface area contributed by atoms with Crippen molar-refractivity contribution in [3.63, 3.8) is 0 Å². The van der Waals surface area contributed by atoms with Crippen molar-refractivity contribution in [2.24, 2.45) is 11.8 Å². The minimum absolute atomic E-state index is 0.244. The number of piperidine rings is 1. The molecule has 2 aliphatic heterocycles. The molecule has 0 spiro atoms. The number of piperazine rings is 1. The standard InChI is InChI=1S/C20H29FN4OS/c1-15-11-16(2)13-25(12-15)19(26)14-23-7-9-24(10-8-23)20(27)22-18-5-3-17(21)4-6-18/h3-6,15-16H,7-14H2,1-2H3,(H,22,27)/t15-,16-/m1/s1. The van der Waals surface area contributed by atoms with E-state index in [1.54, 1.807) is 12.1 Å². The maximum absolute atomic E-state index is 13.0. The summed E-state index contributed by atoms with van der Waals surface area (Å²) in [6.07, 6.45) is 1.21. The van der Waals surface area contributed by atoms with Gasteiger partial charge in [0, 0.05) is 45.0 Å². The molecule has 1 N–H and O–H groups in total. The maximum atomic E-state index is 13.0. The molecule has 0 aliphatic carbocycles. The van der Waals surface area contributed by atoms with Crippen LogP contribution in [0.1, 0.15) is 20.3 Å². The number of hydrogen-bond acceptors (Lipinski definition) is 3. The van der Waals surface area contributed by atoms with Gasteiger partial charge in [-0.3, -0.25) is 9.69 Å². The Morgan fingerprint density at radius 3 is 2.26 bits per heavy atom. The fraction of sp³-hybridized carbons (Fsp3) is 0.600. The van der Waals surface area contributed by atoms with E-state index in [0.29, 0.717) is 23.5 Å². The van der Waals surface area contributed by atoms with Gasteiger partial charge in [0.25, 0.3) is 0 Å². The van der Waals surface area contributed by atoms with Crippen LogP contribution in [0.3, 0.4) is 0 Å². The Bertz CT molecular complexity index is 650. The molecule has 0 saturated carbocycles. The van der Waals surface area contributed by atoms with E-state index in [4.69, 9.17) is 12.2 Å². The first-order valence-electron chi connectivity index (χ1n) is 9.72. The first-order chi connectivity index (χ1) is 12.9. The monoisotopic (exact) mass is 392 g/mol. The number of carbonyl (C=O) groups is 1. The lowest BCUT2D eigenvalue weighted by Crippen LogP contribution is -2.53. The first kappa shape index (κ1) is 20.0. The number of carbonyl (C=O) groups excluding carboxylic acids is 1. The Labute approximate surface area is 166 Å². The summed E-state index contributed by atoms with van der Waals surface area (Å²) in [5.41, 5.74) is 0.785. The van der Waals surface area contributed by atoms with E-state index in [1.165, 1.54) is 18.6 Å². The van der Waals surface area contributed by atoms with Gasteiger partial charge in [-0.2, -0.15) is 0 Å². The molecule has 0 radical (unpaired) electrons. The molecule has 2 fully saturated rings. The number of halogens is 1. The van der Waals surface area contributed by atoms with Crippen LogP contribution in [-0.2, 0) is 4.79 Å². The quantitative estimate of drug-likeness (QED) is 0.801. The number of hydrogen-bond donors (Lipinski definition) is 1. The Morgan fingerprint density at radius 2 is 1.67 bits per heavy atom. The van der Waals surface area contributed by atoms with Crippen LogP contribution in [0, 0.1) is 17.7 Å². The molecule has 0 bridgehead atoms. The number of rotatable bonds is 3. The highest BCUT2D eigenvalue weighted by Gasteiger charge is 2.27. The van der Waals surface area contributed by atoms with Gasteiger partial charge in [0.1, 0.15) is 5.82 Å². The van der Waals surface area contributed by atoms with E-state index in [2.05, 4.69) is 29.0 Å². The average molecular weight is 393 g/mol. The number of amides is 1. The van der Waals surface area contributed by atoms with Gasteiger partial charge in [-0.15, -0.1) is 0 Å². The van der Waals surface area contributed by atoms with Gasteiger partial charge >= 0.3 is 0 Å². The second kappa shape index (κ2) is 8.97. The van der Waals surface area contributed by atoms with E-state index in [-0.39, 0.29) is 11.7 Å². The smallest absolute Gasteiger partial charge is 0.236 e. The lowest BCUT2D eigenvalue weighted by Gasteiger charge is -2.39. The van der Waals surface area contributed by atoms with Crippen LogP contribution >= 0.6 is 12.2 Å². The third-order valence-corrected chi connectivity index (χ3v) is 5.70. The second-order valence-corrected chi connectivity index (χ2v) is 8.33. The van der Waals surface area contributed by atoms with Gasteiger partial charge in [0.05, 0.1) is 6.54 Å². The SMILES string of the molecule is C[C@@H]1C[C@@H](C)CN(C(=O)CN2CCN(C(=S)Nc3ccc(F)cc3)CC2)C1. The molecule has 27 heavy (non-hydrogen) atoms. The Hall–Kier alpha value is -1.73. The van der Waals surface area contributed by atoms with Crippen LogP contribution < -0.4 is 5.32 Å². The third-order valence-electron chi connectivity index (χ3n) is 5.34.